The number of aryl methyl sites for hydroxylation is 2. The van der Waals surface area contributed by atoms with E-state index in [0.717, 1.165) is 5.56 Å². The van der Waals surface area contributed by atoms with Crippen LogP contribution in [-0.2, 0) is 21.3 Å². The Hall–Kier alpha value is -1.77. The Morgan fingerprint density at radius 2 is 2.05 bits per heavy atom. The van der Waals surface area contributed by atoms with Crippen molar-refractivity contribution in [2.45, 2.75) is 37.6 Å². The lowest BCUT2D eigenvalue weighted by Gasteiger charge is -2.14. The van der Waals surface area contributed by atoms with E-state index in [1.807, 2.05) is 0 Å². The van der Waals surface area contributed by atoms with Gasteiger partial charge in [0.15, 0.2) is 0 Å². The number of carboxylic acids is 1. The molecule has 1 N–H and O–H groups in total. The number of alkyl halides is 3. The van der Waals surface area contributed by atoms with E-state index in [1.165, 1.54) is 19.1 Å². The summed E-state index contributed by atoms with van der Waals surface area (Å²) < 4.78 is 63.3. The third-order valence-electron chi connectivity index (χ3n) is 3.54. The SMILES string of the molecule is Cc1cc2c(cc1OS(=O)(=O)C(F)(F)F)CCC2CC(=O)O. The minimum Gasteiger partial charge on any atom is -0.481 e. The molecule has 2 rings (SSSR count). The molecule has 22 heavy (non-hydrogen) atoms. The Balaban J connectivity index is 2.33. The zero-order chi connectivity index (χ0) is 16.7. The molecule has 0 saturated heterocycles. The number of carbonyl (C=O) groups is 1. The second kappa shape index (κ2) is 5.45. The van der Waals surface area contributed by atoms with Crippen LogP contribution < -0.4 is 4.18 Å². The van der Waals surface area contributed by atoms with Gasteiger partial charge in [-0.2, -0.15) is 21.6 Å². The van der Waals surface area contributed by atoms with Crippen molar-refractivity contribution in [3.63, 3.8) is 0 Å². The van der Waals surface area contributed by atoms with Crippen LogP contribution in [0.25, 0.3) is 0 Å². The fourth-order valence-electron chi connectivity index (χ4n) is 2.51. The maximum Gasteiger partial charge on any atom is 0.534 e. The topological polar surface area (TPSA) is 80.7 Å². The van der Waals surface area contributed by atoms with Crippen LogP contribution in [-0.4, -0.2) is 25.0 Å². The normalized spacial score (nSPS) is 18.1. The van der Waals surface area contributed by atoms with Gasteiger partial charge >= 0.3 is 21.6 Å². The highest BCUT2D eigenvalue weighted by atomic mass is 32.2. The maximum atomic E-state index is 12.4. The molecule has 0 radical (unpaired) electrons. The summed E-state index contributed by atoms with van der Waals surface area (Å²) in [6, 6.07) is 2.74. The molecule has 0 aliphatic heterocycles. The van der Waals surface area contributed by atoms with Crippen LogP contribution in [0, 0.1) is 6.92 Å². The van der Waals surface area contributed by atoms with E-state index in [0.29, 0.717) is 18.4 Å². The van der Waals surface area contributed by atoms with Gasteiger partial charge in [-0.1, -0.05) is 6.07 Å². The molecule has 0 bridgehead atoms. The van der Waals surface area contributed by atoms with Crippen molar-refractivity contribution < 1.29 is 35.7 Å². The molecule has 9 heteroatoms. The van der Waals surface area contributed by atoms with Crippen molar-refractivity contribution in [1.82, 2.24) is 0 Å². The number of hydrogen-bond acceptors (Lipinski definition) is 4. The van der Waals surface area contributed by atoms with Crippen LogP contribution >= 0.6 is 0 Å². The highest BCUT2D eigenvalue weighted by Gasteiger charge is 2.48. The second-order valence-corrected chi connectivity index (χ2v) is 6.67. The molecule has 0 amide bonds. The standard InChI is InChI=1S/C13H13F3O5S/c1-7-4-10-8(2-3-9(10)6-12(17)18)5-11(7)21-22(19,20)13(14,15)16/h4-5,9H,2-3,6H2,1H3,(H,17,18). The van der Waals surface area contributed by atoms with Crippen molar-refractivity contribution in [3.8, 4) is 5.75 Å². The van der Waals surface area contributed by atoms with Gasteiger partial charge in [-0.05, 0) is 48.4 Å². The Labute approximate surface area is 124 Å². The molecule has 122 valence electrons. The molecule has 1 unspecified atom stereocenters. The number of hydrogen-bond donors (Lipinski definition) is 1. The molecule has 0 aromatic heterocycles. The van der Waals surface area contributed by atoms with Crippen molar-refractivity contribution in [1.29, 1.82) is 0 Å². The molecule has 1 aliphatic rings. The fraction of sp³-hybridized carbons (Fsp3) is 0.462. The van der Waals surface area contributed by atoms with E-state index in [2.05, 4.69) is 4.18 Å². The van der Waals surface area contributed by atoms with Crippen LogP contribution in [0.5, 0.6) is 5.75 Å². The average Bonchev–Trinajstić information content (AvgIpc) is 2.70. The molecule has 0 saturated carbocycles. The Morgan fingerprint density at radius 1 is 1.41 bits per heavy atom. The van der Waals surface area contributed by atoms with Gasteiger partial charge in [0.05, 0.1) is 6.42 Å². The van der Waals surface area contributed by atoms with Gasteiger partial charge in [0, 0.05) is 0 Å². The molecular weight excluding hydrogens is 325 g/mol. The largest absolute Gasteiger partial charge is 0.534 e. The molecule has 0 fully saturated rings. The highest BCUT2D eigenvalue weighted by molar-refractivity contribution is 7.88. The average molecular weight is 338 g/mol. The van der Waals surface area contributed by atoms with E-state index >= 15 is 0 Å². The molecule has 0 heterocycles. The van der Waals surface area contributed by atoms with Gasteiger partial charge in [-0.3, -0.25) is 4.79 Å². The van der Waals surface area contributed by atoms with Gasteiger partial charge in [-0.25, -0.2) is 0 Å². The molecule has 1 aromatic rings. The lowest BCUT2D eigenvalue weighted by atomic mass is 9.96. The predicted octanol–water partition coefficient (Wildman–Crippen LogP) is 2.73. The maximum absolute atomic E-state index is 12.4. The van der Waals surface area contributed by atoms with Gasteiger partial charge in [0.25, 0.3) is 0 Å². The molecule has 5 nitrogen and oxygen atoms in total. The van der Waals surface area contributed by atoms with Crippen molar-refractivity contribution in [2.24, 2.45) is 0 Å². The fourth-order valence-corrected chi connectivity index (χ4v) is 3.02. The molecule has 1 atom stereocenters. The first kappa shape index (κ1) is 16.6. The first-order valence-corrected chi connectivity index (χ1v) is 7.78. The number of fused-ring (bicyclic) bond motifs is 1. The van der Waals surface area contributed by atoms with E-state index in [-0.39, 0.29) is 23.7 Å². The summed E-state index contributed by atoms with van der Waals surface area (Å²) in [6.07, 6.45) is 0.944. The lowest BCUT2D eigenvalue weighted by Crippen LogP contribution is -2.28. The first-order valence-electron chi connectivity index (χ1n) is 6.37. The van der Waals surface area contributed by atoms with Gasteiger partial charge in [-0.15, -0.1) is 0 Å². The number of benzene rings is 1. The molecule has 1 aromatic carbocycles. The number of carboxylic acid groups (broad SMARTS) is 1. The Kier molecular flexibility index (Phi) is 4.12. The predicted molar refractivity (Wildman–Crippen MR) is 70.1 cm³/mol. The number of rotatable bonds is 4. The van der Waals surface area contributed by atoms with Gasteiger partial charge in [0.1, 0.15) is 5.75 Å². The second-order valence-electron chi connectivity index (χ2n) is 5.13. The van der Waals surface area contributed by atoms with Crippen molar-refractivity contribution >= 4 is 16.1 Å². The highest BCUT2D eigenvalue weighted by Crippen LogP contribution is 2.40. The number of halogens is 3. The van der Waals surface area contributed by atoms with Crippen LogP contribution in [0.15, 0.2) is 12.1 Å². The number of aliphatic carboxylic acids is 1. The first-order chi connectivity index (χ1) is 10.0. The van der Waals surface area contributed by atoms with E-state index in [1.54, 1.807) is 0 Å². The summed E-state index contributed by atoms with van der Waals surface area (Å²) in [7, 11) is -5.72. The zero-order valence-electron chi connectivity index (χ0n) is 11.5. The van der Waals surface area contributed by atoms with E-state index < -0.39 is 21.6 Å². The van der Waals surface area contributed by atoms with Crippen LogP contribution in [0.2, 0.25) is 0 Å². The van der Waals surface area contributed by atoms with E-state index in [9.17, 15) is 26.4 Å². The summed E-state index contributed by atoms with van der Waals surface area (Å²) in [5.41, 5.74) is -3.95. The summed E-state index contributed by atoms with van der Waals surface area (Å²) in [5, 5.41) is 8.84. The van der Waals surface area contributed by atoms with Crippen molar-refractivity contribution in [2.75, 3.05) is 0 Å². The Morgan fingerprint density at radius 3 is 2.59 bits per heavy atom. The minimum atomic E-state index is -5.72. The van der Waals surface area contributed by atoms with Crippen molar-refractivity contribution in [3.05, 3.63) is 28.8 Å². The molecule has 1 aliphatic carbocycles. The molecule has 0 spiro atoms. The summed E-state index contributed by atoms with van der Waals surface area (Å²) >= 11 is 0. The smallest absolute Gasteiger partial charge is 0.481 e. The third kappa shape index (κ3) is 3.18. The van der Waals surface area contributed by atoms with Gasteiger partial charge in [0.2, 0.25) is 0 Å². The lowest BCUT2D eigenvalue weighted by molar-refractivity contribution is -0.137. The third-order valence-corrected chi connectivity index (χ3v) is 4.51. The van der Waals surface area contributed by atoms with Crippen LogP contribution in [0.3, 0.4) is 0 Å². The molecular formula is C13H13F3O5S. The summed E-state index contributed by atoms with van der Waals surface area (Å²) in [6.45, 7) is 1.41. The monoisotopic (exact) mass is 338 g/mol. The summed E-state index contributed by atoms with van der Waals surface area (Å²) in [4.78, 5) is 10.8. The van der Waals surface area contributed by atoms with Gasteiger partial charge < -0.3 is 9.29 Å². The summed E-state index contributed by atoms with van der Waals surface area (Å²) in [5.74, 6) is -1.57. The van der Waals surface area contributed by atoms with Crippen LogP contribution in [0.4, 0.5) is 13.2 Å². The van der Waals surface area contributed by atoms with Crippen LogP contribution in [0.1, 0.15) is 35.4 Å². The quantitative estimate of drug-likeness (QED) is 0.674. The Bertz CT molecular complexity index is 709. The minimum absolute atomic E-state index is 0.0759. The van der Waals surface area contributed by atoms with E-state index in [4.69, 9.17) is 5.11 Å². The zero-order valence-corrected chi connectivity index (χ0v) is 12.3.